The molecule has 23 heavy (non-hydrogen) atoms. The molecule has 0 amide bonds. The molecule has 0 spiro atoms. The number of hydrogen-bond acceptors (Lipinski definition) is 4. The van der Waals surface area contributed by atoms with Gasteiger partial charge in [-0.3, -0.25) is 0 Å². The highest BCUT2D eigenvalue weighted by Gasteiger charge is 2.39. The number of methoxy groups -OCH3 is 1. The molecule has 1 aliphatic rings. The molecule has 1 saturated heterocycles. The van der Waals surface area contributed by atoms with Crippen molar-refractivity contribution in [1.82, 2.24) is 4.31 Å². The molecule has 1 fully saturated rings. The third kappa shape index (κ3) is 3.65. The molecule has 0 saturated carbocycles. The molecule has 1 heterocycles. The van der Waals surface area contributed by atoms with Crippen LogP contribution in [0.5, 0.6) is 5.75 Å². The fourth-order valence-electron chi connectivity index (χ4n) is 2.94. The third-order valence-corrected chi connectivity index (χ3v) is 6.79. The molecule has 2 rings (SSSR count). The normalized spacial score (nSPS) is 21.6. The zero-order valence-electron chi connectivity index (χ0n) is 14.4. The number of halogens is 1. The van der Waals surface area contributed by atoms with E-state index < -0.39 is 10.0 Å². The van der Waals surface area contributed by atoms with E-state index in [4.69, 9.17) is 10.5 Å². The molecule has 1 unspecified atom stereocenters. The molecule has 0 radical (unpaired) electrons. The summed E-state index contributed by atoms with van der Waals surface area (Å²) >= 11 is 0. The molecule has 0 aromatic heterocycles. The summed E-state index contributed by atoms with van der Waals surface area (Å²) in [5, 5.41) is 0. The van der Waals surface area contributed by atoms with Gasteiger partial charge in [0.25, 0.3) is 0 Å². The van der Waals surface area contributed by atoms with Crippen LogP contribution >= 0.6 is 12.4 Å². The molecule has 0 aliphatic carbocycles. The lowest BCUT2D eigenvalue weighted by Gasteiger charge is -2.42. The molecule has 1 aromatic rings. The maximum atomic E-state index is 13.0. The minimum absolute atomic E-state index is 0. The molecule has 1 atom stereocenters. The first kappa shape index (κ1) is 20.2. The van der Waals surface area contributed by atoms with E-state index in [0.29, 0.717) is 30.2 Å². The Morgan fingerprint density at radius 2 is 1.87 bits per heavy atom. The Kier molecular flexibility index (Phi) is 6.13. The Bertz CT molecular complexity index is 674. The Morgan fingerprint density at radius 3 is 2.39 bits per heavy atom. The zero-order valence-corrected chi connectivity index (χ0v) is 16.1. The lowest BCUT2D eigenvalue weighted by atomic mass is 9.81. The van der Waals surface area contributed by atoms with E-state index in [1.54, 1.807) is 23.5 Å². The van der Waals surface area contributed by atoms with Gasteiger partial charge >= 0.3 is 0 Å². The maximum Gasteiger partial charge on any atom is 0.243 e. The summed E-state index contributed by atoms with van der Waals surface area (Å²) in [5.74, 6) is 0.706. The SMILES string of the molecule is COc1ccc(S(=O)(=O)N2CCC(N)C(C)(C)C2)c(C)c1C.Cl. The van der Waals surface area contributed by atoms with E-state index >= 15 is 0 Å². The minimum atomic E-state index is -3.51. The Labute approximate surface area is 145 Å². The highest BCUT2D eigenvalue weighted by Crippen LogP contribution is 2.34. The summed E-state index contributed by atoms with van der Waals surface area (Å²) in [6, 6.07) is 3.38. The monoisotopic (exact) mass is 362 g/mol. The van der Waals surface area contributed by atoms with Crippen LogP contribution in [-0.4, -0.2) is 39.0 Å². The van der Waals surface area contributed by atoms with Gasteiger partial charge in [-0.15, -0.1) is 12.4 Å². The number of rotatable bonds is 3. The van der Waals surface area contributed by atoms with Crippen LogP contribution in [0.15, 0.2) is 17.0 Å². The highest BCUT2D eigenvalue weighted by atomic mass is 35.5. The fraction of sp³-hybridized carbons (Fsp3) is 0.625. The molecule has 0 bridgehead atoms. The summed E-state index contributed by atoms with van der Waals surface area (Å²) in [6.07, 6.45) is 0.681. The van der Waals surface area contributed by atoms with Crippen LogP contribution in [0.25, 0.3) is 0 Å². The Hall–Kier alpha value is -0.820. The molecular formula is C16H27ClN2O3S. The number of sulfonamides is 1. The average molecular weight is 363 g/mol. The quantitative estimate of drug-likeness (QED) is 0.896. The van der Waals surface area contributed by atoms with Gasteiger partial charge in [0.15, 0.2) is 0 Å². The van der Waals surface area contributed by atoms with E-state index in [2.05, 4.69) is 0 Å². The number of benzene rings is 1. The van der Waals surface area contributed by atoms with Crippen LogP contribution < -0.4 is 10.5 Å². The molecule has 132 valence electrons. The van der Waals surface area contributed by atoms with Crippen LogP contribution in [-0.2, 0) is 10.0 Å². The number of ether oxygens (including phenoxy) is 1. The second-order valence-corrected chi connectivity index (χ2v) is 8.64. The minimum Gasteiger partial charge on any atom is -0.496 e. The predicted octanol–water partition coefficient (Wildman–Crippen LogP) is 2.48. The van der Waals surface area contributed by atoms with Gasteiger partial charge in [-0.2, -0.15) is 4.31 Å². The Balaban J connectivity index is 0.00000264. The second-order valence-electron chi connectivity index (χ2n) is 6.74. The van der Waals surface area contributed by atoms with E-state index in [1.807, 2.05) is 27.7 Å². The predicted molar refractivity (Wildman–Crippen MR) is 94.8 cm³/mol. The van der Waals surface area contributed by atoms with Crippen molar-refractivity contribution in [3.63, 3.8) is 0 Å². The molecule has 5 nitrogen and oxygen atoms in total. The standard InChI is InChI=1S/C16H26N2O3S.ClH/c1-11-12(2)14(7-6-13(11)21-5)22(19,20)18-9-8-15(17)16(3,4)10-18;/h6-7,15H,8-10,17H2,1-5H3;1H. The van der Waals surface area contributed by atoms with Gasteiger partial charge in [-0.25, -0.2) is 8.42 Å². The summed E-state index contributed by atoms with van der Waals surface area (Å²) in [6.45, 7) is 8.66. The van der Waals surface area contributed by atoms with E-state index in [1.165, 1.54) is 0 Å². The van der Waals surface area contributed by atoms with Crippen molar-refractivity contribution in [2.45, 2.75) is 45.1 Å². The van der Waals surface area contributed by atoms with Crippen LogP contribution in [0.4, 0.5) is 0 Å². The Morgan fingerprint density at radius 1 is 1.26 bits per heavy atom. The van der Waals surface area contributed by atoms with Crippen LogP contribution in [0.2, 0.25) is 0 Å². The number of hydrogen-bond donors (Lipinski definition) is 1. The van der Waals surface area contributed by atoms with Gasteiger partial charge in [0.1, 0.15) is 5.75 Å². The lowest BCUT2D eigenvalue weighted by Crippen LogP contribution is -2.53. The van der Waals surface area contributed by atoms with Crippen molar-refractivity contribution in [2.75, 3.05) is 20.2 Å². The number of nitrogens with two attached hydrogens (primary N) is 1. The first-order chi connectivity index (χ1) is 10.1. The van der Waals surface area contributed by atoms with Gasteiger partial charge in [-0.1, -0.05) is 13.8 Å². The third-order valence-electron chi connectivity index (χ3n) is 4.80. The summed E-state index contributed by atoms with van der Waals surface area (Å²) in [5.41, 5.74) is 7.49. The molecule has 1 aromatic carbocycles. The van der Waals surface area contributed by atoms with Crippen LogP contribution in [0.3, 0.4) is 0 Å². The van der Waals surface area contributed by atoms with Crippen molar-refractivity contribution in [1.29, 1.82) is 0 Å². The average Bonchev–Trinajstić information content (AvgIpc) is 2.44. The lowest BCUT2D eigenvalue weighted by molar-refractivity contribution is 0.155. The molecule has 7 heteroatoms. The zero-order chi connectivity index (χ0) is 16.7. The molecular weight excluding hydrogens is 336 g/mol. The summed E-state index contributed by atoms with van der Waals surface area (Å²) < 4.78 is 32.8. The van der Waals surface area contributed by atoms with Gasteiger partial charge < -0.3 is 10.5 Å². The van der Waals surface area contributed by atoms with Gasteiger partial charge in [0, 0.05) is 19.1 Å². The topological polar surface area (TPSA) is 72.6 Å². The smallest absolute Gasteiger partial charge is 0.243 e. The van der Waals surface area contributed by atoms with Crippen LogP contribution in [0.1, 0.15) is 31.4 Å². The van der Waals surface area contributed by atoms with Crippen LogP contribution in [0, 0.1) is 19.3 Å². The second kappa shape index (κ2) is 6.97. The van der Waals surface area contributed by atoms with Gasteiger partial charge in [0.2, 0.25) is 10.0 Å². The van der Waals surface area contributed by atoms with Crippen molar-refractivity contribution in [3.05, 3.63) is 23.3 Å². The first-order valence-corrected chi connectivity index (χ1v) is 8.95. The molecule has 2 N–H and O–H groups in total. The highest BCUT2D eigenvalue weighted by molar-refractivity contribution is 7.89. The van der Waals surface area contributed by atoms with Gasteiger partial charge in [0.05, 0.1) is 12.0 Å². The first-order valence-electron chi connectivity index (χ1n) is 7.51. The van der Waals surface area contributed by atoms with Crippen molar-refractivity contribution < 1.29 is 13.2 Å². The van der Waals surface area contributed by atoms with E-state index in [0.717, 1.165) is 11.1 Å². The summed E-state index contributed by atoms with van der Waals surface area (Å²) in [7, 11) is -1.92. The van der Waals surface area contributed by atoms with E-state index in [-0.39, 0.29) is 23.9 Å². The van der Waals surface area contributed by atoms with Crippen molar-refractivity contribution in [3.8, 4) is 5.75 Å². The van der Waals surface area contributed by atoms with Crippen molar-refractivity contribution in [2.24, 2.45) is 11.1 Å². The molecule has 1 aliphatic heterocycles. The number of piperidine rings is 1. The van der Waals surface area contributed by atoms with E-state index in [9.17, 15) is 8.42 Å². The maximum absolute atomic E-state index is 13.0. The largest absolute Gasteiger partial charge is 0.496 e. The fourth-order valence-corrected chi connectivity index (χ4v) is 4.85. The number of nitrogens with zero attached hydrogens (tertiary/aromatic N) is 1. The summed E-state index contributed by atoms with van der Waals surface area (Å²) in [4.78, 5) is 0.358. The van der Waals surface area contributed by atoms with Gasteiger partial charge in [-0.05, 0) is 48.9 Å². The van der Waals surface area contributed by atoms with Crippen molar-refractivity contribution >= 4 is 22.4 Å².